The van der Waals surface area contributed by atoms with E-state index in [0.717, 1.165) is 10.0 Å². The third-order valence-electron chi connectivity index (χ3n) is 3.04. The Morgan fingerprint density at radius 1 is 1.29 bits per heavy atom. The molecule has 2 amide bonds. The molecular formula is C14H11BrN6O2S. The zero-order valence-electron chi connectivity index (χ0n) is 12.1. The van der Waals surface area contributed by atoms with Crippen molar-refractivity contribution in [2.45, 2.75) is 6.54 Å². The van der Waals surface area contributed by atoms with Gasteiger partial charge >= 0.3 is 0 Å². The predicted molar refractivity (Wildman–Crippen MR) is 92.4 cm³/mol. The number of nitrogens with zero attached hydrogens (tertiary/aromatic N) is 4. The van der Waals surface area contributed by atoms with Crippen molar-refractivity contribution < 1.29 is 9.59 Å². The summed E-state index contributed by atoms with van der Waals surface area (Å²) in [6.45, 7) is -0.131. The Bertz CT molecular complexity index is 906. The van der Waals surface area contributed by atoms with Crippen molar-refractivity contribution in [2.24, 2.45) is 5.73 Å². The Labute approximate surface area is 148 Å². The van der Waals surface area contributed by atoms with Crippen LogP contribution in [0.3, 0.4) is 0 Å². The first-order valence-electron chi connectivity index (χ1n) is 6.74. The molecule has 0 unspecified atom stereocenters. The second-order valence-corrected chi connectivity index (χ2v) is 6.47. The van der Waals surface area contributed by atoms with E-state index >= 15 is 0 Å². The van der Waals surface area contributed by atoms with E-state index in [1.54, 1.807) is 11.4 Å². The first-order chi connectivity index (χ1) is 11.5. The number of tetrazole rings is 1. The third-order valence-corrected chi connectivity index (χ3v) is 4.56. The van der Waals surface area contributed by atoms with Crippen LogP contribution in [0.5, 0.6) is 0 Å². The number of carbonyl (C=O) groups is 2. The lowest BCUT2D eigenvalue weighted by atomic mass is 10.2. The maximum atomic E-state index is 12.1. The summed E-state index contributed by atoms with van der Waals surface area (Å²) < 4.78 is 0.832. The molecule has 24 heavy (non-hydrogen) atoms. The second kappa shape index (κ2) is 6.89. The molecule has 1 aromatic carbocycles. The van der Waals surface area contributed by atoms with Crippen molar-refractivity contribution in [2.75, 3.05) is 5.32 Å². The van der Waals surface area contributed by atoms with Gasteiger partial charge in [-0.3, -0.25) is 9.59 Å². The molecule has 8 nitrogen and oxygen atoms in total. The lowest BCUT2D eigenvalue weighted by Gasteiger charge is -2.03. The largest absolute Gasteiger partial charge is 0.366 e. The lowest BCUT2D eigenvalue weighted by Crippen LogP contribution is -2.22. The molecule has 122 valence electrons. The van der Waals surface area contributed by atoms with Crippen molar-refractivity contribution in [3.63, 3.8) is 0 Å². The minimum absolute atomic E-state index is 0.131. The van der Waals surface area contributed by atoms with E-state index in [4.69, 9.17) is 5.73 Å². The van der Waals surface area contributed by atoms with Gasteiger partial charge in [0.2, 0.25) is 11.7 Å². The molecule has 3 aromatic rings. The number of benzene rings is 1. The number of hydrogen-bond acceptors (Lipinski definition) is 6. The Morgan fingerprint density at radius 2 is 2.08 bits per heavy atom. The van der Waals surface area contributed by atoms with E-state index in [1.165, 1.54) is 16.1 Å². The summed E-state index contributed by atoms with van der Waals surface area (Å²) in [7, 11) is 0. The number of thiophene rings is 1. The summed E-state index contributed by atoms with van der Waals surface area (Å²) in [6, 6.07) is 9.00. The van der Waals surface area contributed by atoms with Crippen LogP contribution in [0, 0.1) is 0 Å². The van der Waals surface area contributed by atoms with Crippen LogP contribution in [0.25, 0.3) is 11.4 Å². The number of nitrogens with two attached hydrogens (primary N) is 1. The van der Waals surface area contributed by atoms with E-state index in [2.05, 4.69) is 36.7 Å². The molecule has 3 rings (SSSR count). The first-order valence-corrected chi connectivity index (χ1v) is 8.41. The molecule has 2 aromatic heterocycles. The average molecular weight is 407 g/mol. The van der Waals surface area contributed by atoms with Crippen LogP contribution in [0.4, 0.5) is 5.00 Å². The Balaban J connectivity index is 1.71. The van der Waals surface area contributed by atoms with Crippen LogP contribution in [0.2, 0.25) is 0 Å². The van der Waals surface area contributed by atoms with Crippen molar-refractivity contribution in [3.05, 3.63) is 45.7 Å². The number of amides is 2. The molecule has 3 N–H and O–H groups in total. The van der Waals surface area contributed by atoms with Crippen LogP contribution < -0.4 is 11.1 Å². The summed E-state index contributed by atoms with van der Waals surface area (Å²) in [5.41, 5.74) is 6.29. The summed E-state index contributed by atoms with van der Waals surface area (Å²) in [4.78, 5) is 24.5. The predicted octanol–water partition coefficient (Wildman–Crippen LogP) is 1.90. The molecular weight excluding hydrogens is 396 g/mol. The minimum Gasteiger partial charge on any atom is -0.366 e. The third kappa shape index (κ3) is 3.49. The molecule has 0 aliphatic carbocycles. The van der Waals surface area contributed by atoms with Crippen molar-refractivity contribution in [3.8, 4) is 11.4 Å². The number of aromatic nitrogens is 4. The number of nitrogens with one attached hydrogen (secondary N) is 1. The fraction of sp³-hybridized carbons (Fsp3) is 0.0714. The van der Waals surface area contributed by atoms with Gasteiger partial charge in [0.15, 0.2) is 0 Å². The molecule has 0 aliphatic heterocycles. The van der Waals surface area contributed by atoms with Gasteiger partial charge in [0, 0.05) is 10.0 Å². The van der Waals surface area contributed by atoms with Crippen LogP contribution in [0.15, 0.2) is 40.2 Å². The van der Waals surface area contributed by atoms with E-state index in [1.807, 2.05) is 24.3 Å². The highest BCUT2D eigenvalue weighted by Gasteiger charge is 2.15. The number of carbonyl (C=O) groups excluding carboxylic acids is 2. The highest BCUT2D eigenvalue weighted by Crippen LogP contribution is 2.24. The summed E-state index contributed by atoms with van der Waals surface area (Å²) >= 11 is 4.63. The number of halogens is 1. The van der Waals surface area contributed by atoms with Crippen LogP contribution in [-0.4, -0.2) is 32.0 Å². The van der Waals surface area contributed by atoms with Gasteiger partial charge in [0.25, 0.3) is 5.91 Å². The fourth-order valence-corrected chi connectivity index (χ4v) is 3.23. The van der Waals surface area contributed by atoms with Gasteiger partial charge in [-0.25, -0.2) is 0 Å². The van der Waals surface area contributed by atoms with Gasteiger partial charge in [-0.1, -0.05) is 28.1 Å². The quantitative estimate of drug-likeness (QED) is 0.670. The zero-order valence-corrected chi connectivity index (χ0v) is 14.5. The van der Waals surface area contributed by atoms with Crippen molar-refractivity contribution in [1.82, 2.24) is 20.2 Å². The minimum atomic E-state index is -0.596. The maximum absolute atomic E-state index is 12.1. The molecule has 0 saturated carbocycles. The van der Waals surface area contributed by atoms with E-state index in [-0.39, 0.29) is 18.0 Å². The summed E-state index contributed by atoms with van der Waals surface area (Å²) in [6.07, 6.45) is 0. The highest BCUT2D eigenvalue weighted by atomic mass is 79.9. The monoisotopic (exact) mass is 406 g/mol. The van der Waals surface area contributed by atoms with Gasteiger partial charge in [-0.2, -0.15) is 4.80 Å². The lowest BCUT2D eigenvalue weighted by molar-refractivity contribution is -0.117. The molecule has 0 saturated heterocycles. The summed E-state index contributed by atoms with van der Waals surface area (Å²) in [5, 5.41) is 16.7. The molecule has 2 heterocycles. The molecule has 0 bridgehead atoms. The summed E-state index contributed by atoms with van der Waals surface area (Å²) in [5.74, 6) is -0.568. The van der Waals surface area contributed by atoms with Gasteiger partial charge in [-0.15, -0.1) is 21.5 Å². The van der Waals surface area contributed by atoms with E-state index in [9.17, 15) is 9.59 Å². The van der Waals surface area contributed by atoms with Crippen molar-refractivity contribution >= 4 is 44.1 Å². The molecule has 0 fully saturated rings. The van der Waals surface area contributed by atoms with Gasteiger partial charge < -0.3 is 11.1 Å². The topological polar surface area (TPSA) is 116 Å². The molecule has 0 radical (unpaired) electrons. The van der Waals surface area contributed by atoms with Gasteiger partial charge in [0.1, 0.15) is 11.5 Å². The SMILES string of the molecule is NC(=O)c1ccsc1NC(=O)Cn1nnc(-c2ccccc2Br)n1. The number of rotatable bonds is 5. The molecule has 0 aliphatic rings. The average Bonchev–Trinajstić information content (AvgIpc) is 3.17. The number of hydrogen-bond donors (Lipinski definition) is 2. The maximum Gasteiger partial charge on any atom is 0.251 e. The standard InChI is InChI=1S/C14H11BrN6O2S/c15-10-4-2-1-3-8(10)13-18-20-21(19-13)7-11(22)17-14-9(12(16)23)5-6-24-14/h1-6H,7H2,(H2,16,23)(H,17,22). The highest BCUT2D eigenvalue weighted by molar-refractivity contribution is 9.10. The van der Waals surface area contributed by atoms with Crippen LogP contribution in [0.1, 0.15) is 10.4 Å². The van der Waals surface area contributed by atoms with Gasteiger partial charge in [0.05, 0.1) is 5.56 Å². The van der Waals surface area contributed by atoms with Crippen LogP contribution >= 0.6 is 27.3 Å². The first kappa shape index (κ1) is 16.3. The molecule has 0 atom stereocenters. The Kier molecular flexibility index (Phi) is 4.67. The second-order valence-electron chi connectivity index (χ2n) is 4.70. The smallest absolute Gasteiger partial charge is 0.251 e. The number of primary amides is 1. The Hall–Kier alpha value is -2.59. The van der Waals surface area contributed by atoms with E-state index < -0.39 is 5.91 Å². The van der Waals surface area contributed by atoms with Crippen LogP contribution in [-0.2, 0) is 11.3 Å². The molecule has 10 heteroatoms. The van der Waals surface area contributed by atoms with E-state index in [0.29, 0.717) is 10.8 Å². The molecule has 0 spiro atoms. The van der Waals surface area contributed by atoms with Gasteiger partial charge in [-0.05, 0) is 28.8 Å². The van der Waals surface area contributed by atoms with Crippen molar-refractivity contribution in [1.29, 1.82) is 0 Å². The Morgan fingerprint density at radius 3 is 2.83 bits per heavy atom. The normalized spacial score (nSPS) is 10.5. The fourth-order valence-electron chi connectivity index (χ4n) is 1.96. The zero-order chi connectivity index (χ0) is 17.1. The number of anilines is 1.